The van der Waals surface area contributed by atoms with Gasteiger partial charge in [0.15, 0.2) is 5.78 Å². The van der Waals surface area contributed by atoms with E-state index in [1.807, 2.05) is 56.3 Å². The fourth-order valence-corrected chi connectivity index (χ4v) is 2.91. The molecule has 4 nitrogen and oxygen atoms in total. The maximum absolute atomic E-state index is 12.4. The zero-order valence-corrected chi connectivity index (χ0v) is 13.5. The minimum Gasteiger partial charge on any atom is -0.494 e. The Morgan fingerprint density at radius 3 is 2.65 bits per heavy atom. The van der Waals surface area contributed by atoms with E-state index in [9.17, 15) is 4.79 Å². The SMILES string of the molecule is CCOc1ccc(C2CC(=O)c3ccccc3N2)c(OCC)c1. The second-order valence-corrected chi connectivity index (χ2v) is 5.44. The van der Waals surface area contributed by atoms with Gasteiger partial charge in [-0.3, -0.25) is 4.79 Å². The second-order valence-electron chi connectivity index (χ2n) is 5.44. The number of para-hydroxylation sites is 1. The second kappa shape index (κ2) is 6.73. The number of fused-ring (bicyclic) bond motifs is 1. The van der Waals surface area contributed by atoms with E-state index in [-0.39, 0.29) is 11.8 Å². The molecule has 4 heteroatoms. The third kappa shape index (κ3) is 3.16. The zero-order chi connectivity index (χ0) is 16.2. The Bertz CT molecular complexity index is 712. The molecule has 120 valence electrons. The summed E-state index contributed by atoms with van der Waals surface area (Å²) in [6, 6.07) is 13.3. The number of anilines is 1. The van der Waals surface area contributed by atoms with Crippen LogP contribution in [0.5, 0.6) is 11.5 Å². The minimum atomic E-state index is -0.0883. The van der Waals surface area contributed by atoms with E-state index in [2.05, 4.69) is 5.32 Å². The number of nitrogens with one attached hydrogen (secondary N) is 1. The van der Waals surface area contributed by atoms with Gasteiger partial charge in [0.25, 0.3) is 0 Å². The molecule has 1 aliphatic rings. The summed E-state index contributed by atoms with van der Waals surface area (Å²) >= 11 is 0. The Morgan fingerprint density at radius 1 is 1.09 bits per heavy atom. The number of Topliss-reactive ketones (excluding diaryl/α,β-unsaturated/α-hetero) is 1. The Balaban J connectivity index is 1.94. The van der Waals surface area contributed by atoms with Gasteiger partial charge in [-0.15, -0.1) is 0 Å². The quantitative estimate of drug-likeness (QED) is 0.898. The third-order valence-corrected chi connectivity index (χ3v) is 3.92. The highest BCUT2D eigenvalue weighted by Gasteiger charge is 2.27. The first-order valence-corrected chi connectivity index (χ1v) is 8.01. The van der Waals surface area contributed by atoms with Crippen molar-refractivity contribution in [2.24, 2.45) is 0 Å². The van der Waals surface area contributed by atoms with Crippen molar-refractivity contribution in [3.63, 3.8) is 0 Å². The van der Waals surface area contributed by atoms with Crippen molar-refractivity contribution in [3.05, 3.63) is 53.6 Å². The predicted octanol–water partition coefficient (Wildman–Crippen LogP) is 4.22. The topological polar surface area (TPSA) is 47.6 Å². The molecule has 0 radical (unpaired) electrons. The molecular weight excluding hydrogens is 290 g/mol. The molecule has 0 saturated heterocycles. The standard InChI is InChI=1S/C19H21NO3/c1-3-22-13-9-10-15(19(11-13)23-4-2)17-12-18(21)14-7-5-6-8-16(14)20-17/h5-11,17,20H,3-4,12H2,1-2H3. The van der Waals surface area contributed by atoms with Crippen LogP contribution in [-0.2, 0) is 0 Å². The summed E-state index contributed by atoms with van der Waals surface area (Å²) in [5.41, 5.74) is 2.62. The molecule has 2 aromatic carbocycles. The molecule has 0 aliphatic carbocycles. The van der Waals surface area contributed by atoms with Gasteiger partial charge in [-0.2, -0.15) is 0 Å². The number of hydrogen-bond donors (Lipinski definition) is 1. The minimum absolute atomic E-state index is 0.0883. The van der Waals surface area contributed by atoms with Crippen LogP contribution < -0.4 is 14.8 Å². The van der Waals surface area contributed by atoms with Crippen molar-refractivity contribution in [3.8, 4) is 11.5 Å². The summed E-state index contributed by atoms with van der Waals surface area (Å²) in [6.07, 6.45) is 0.422. The first-order chi connectivity index (χ1) is 11.2. The molecule has 1 aliphatic heterocycles. The number of hydrogen-bond acceptors (Lipinski definition) is 4. The summed E-state index contributed by atoms with van der Waals surface area (Å²) in [5.74, 6) is 1.70. The summed E-state index contributed by atoms with van der Waals surface area (Å²) in [5, 5.41) is 3.45. The van der Waals surface area contributed by atoms with E-state index in [1.54, 1.807) is 0 Å². The van der Waals surface area contributed by atoms with Crippen molar-refractivity contribution in [1.29, 1.82) is 0 Å². The van der Waals surface area contributed by atoms with Crippen molar-refractivity contribution >= 4 is 11.5 Å². The maximum Gasteiger partial charge on any atom is 0.167 e. The number of benzene rings is 2. The molecule has 0 amide bonds. The molecule has 1 unspecified atom stereocenters. The lowest BCUT2D eigenvalue weighted by molar-refractivity contribution is 0.0972. The van der Waals surface area contributed by atoms with Crippen LogP contribution in [0.15, 0.2) is 42.5 Å². The smallest absolute Gasteiger partial charge is 0.167 e. The van der Waals surface area contributed by atoms with E-state index in [1.165, 1.54) is 0 Å². The van der Waals surface area contributed by atoms with Crippen LogP contribution in [0, 0.1) is 0 Å². The Hall–Kier alpha value is -2.49. The fourth-order valence-electron chi connectivity index (χ4n) is 2.91. The zero-order valence-electron chi connectivity index (χ0n) is 13.5. The van der Waals surface area contributed by atoms with Gasteiger partial charge in [0.05, 0.1) is 19.3 Å². The molecule has 0 fully saturated rings. The maximum atomic E-state index is 12.4. The van der Waals surface area contributed by atoms with Crippen LogP contribution in [-0.4, -0.2) is 19.0 Å². The van der Waals surface area contributed by atoms with E-state index in [0.717, 1.165) is 28.3 Å². The lowest BCUT2D eigenvalue weighted by Gasteiger charge is -2.28. The Labute approximate surface area is 136 Å². The van der Waals surface area contributed by atoms with Crippen LogP contribution >= 0.6 is 0 Å². The first kappa shape index (κ1) is 15.4. The largest absolute Gasteiger partial charge is 0.494 e. The van der Waals surface area contributed by atoms with Crippen LogP contribution in [0.2, 0.25) is 0 Å². The lowest BCUT2D eigenvalue weighted by Crippen LogP contribution is -2.23. The van der Waals surface area contributed by atoms with E-state index in [4.69, 9.17) is 9.47 Å². The lowest BCUT2D eigenvalue weighted by atomic mass is 9.92. The molecule has 0 aromatic heterocycles. The molecule has 1 N–H and O–H groups in total. The Morgan fingerprint density at radius 2 is 1.87 bits per heavy atom. The third-order valence-electron chi connectivity index (χ3n) is 3.92. The number of rotatable bonds is 5. The van der Waals surface area contributed by atoms with Crippen LogP contribution in [0.3, 0.4) is 0 Å². The summed E-state index contributed by atoms with van der Waals surface area (Å²) < 4.78 is 11.3. The van der Waals surface area contributed by atoms with Crippen LogP contribution in [0.25, 0.3) is 0 Å². The number of ether oxygens (including phenoxy) is 2. The van der Waals surface area contributed by atoms with Crippen molar-refractivity contribution < 1.29 is 14.3 Å². The summed E-state index contributed by atoms with van der Waals surface area (Å²) in [7, 11) is 0. The highest BCUT2D eigenvalue weighted by atomic mass is 16.5. The van der Waals surface area contributed by atoms with Crippen LogP contribution in [0.1, 0.15) is 42.2 Å². The van der Waals surface area contributed by atoms with Gasteiger partial charge in [-0.05, 0) is 38.1 Å². The van der Waals surface area contributed by atoms with Gasteiger partial charge >= 0.3 is 0 Å². The van der Waals surface area contributed by atoms with Gasteiger partial charge < -0.3 is 14.8 Å². The first-order valence-electron chi connectivity index (χ1n) is 8.01. The van der Waals surface area contributed by atoms with E-state index < -0.39 is 0 Å². The normalized spacial score (nSPS) is 16.4. The molecule has 2 aromatic rings. The van der Waals surface area contributed by atoms with Crippen molar-refractivity contribution in [2.45, 2.75) is 26.3 Å². The average molecular weight is 311 g/mol. The number of carbonyl (C=O) groups excluding carboxylic acids is 1. The van der Waals surface area contributed by atoms with E-state index >= 15 is 0 Å². The van der Waals surface area contributed by atoms with Gasteiger partial charge in [0.1, 0.15) is 11.5 Å². The molecule has 23 heavy (non-hydrogen) atoms. The molecule has 0 spiro atoms. The van der Waals surface area contributed by atoms with Gasteiger partial charge in [0.2, 0.25) is 0 Å². The highest BCUT2D eigenvalue weighted by Crippen LogP contribution is 2.37. The van der Waals surface area contributed by atoms with Gasteiger partial charge in [-0.25, -0.2) is 0 Å². The monoisotopic (exact) mass is 311 g/mol. The highest BCUT2D eigenvalue weighted by molar-refractivity contribution is 6.03. The molecule has 1 heterocycles. The molecule has 0 saturated carbocycles. The van der Waals surface area contributed by atoms with Crippen molar-refractivity contribution in [2.75, 3.05) is 18.5 Å². The molecule has 0 bridgehead atoms. The van der Waals surface area contributed by atoms with E-state index in [0.29, 0.717) is 19.6 Å². The molecule has 3 rings (SSSR count). The average Bonchev–Trinajstić information content (AvgIpc) is 2.56. The molecule has 1 atom stereocenters. The fraction of sp³-hybridized carbons (Fsp3) is 0.316. The van der Waals surface area contributed by atoms with Gasteiger partial charge in [0, 0.05) is 29.3 Å². The molecular formula is C19H21NO3. The number of carbonyl (C=O) groups is 1. The van der Waals surface area contributed by atoms with Crippen LogP contribution in [0.4, 0.5) is 5.69 Å². The summed E-state index contributed by atoms with van der Waals surface area (Å²) in [4.78, 5) is 12.4. The predicted molar refractivity (Wildman–Crippen MR) is 90.5 cm³/mol. The Kier molecular flexibility index (Phi) is 4.51. The number of ketones is 1. The van der Waals surface area contributed by atoms with Gasteiger partial charge in [-0.1, -0.05) is 12.1 Å². The van der Waals surface area contributed by atoms with Crippen molar-refractivity contribution in [1.82, 2.24) is 0 Å². The summed E-state index contributed by atoms with van der Waals surface area (Å²) in [6.45, 7) is 5.08.